The van der Waals surface area contributed by atoms with Gasteiger partial charge in [-0.1, -0.05) is 78.9 Å². The van der Waals surface area contributed by atoms with Crippen LogP contribution in [0, 0.1) is 0 Å². The summed E-state index contributed by atoms with van der Waals surface area (Å²) in [5, 5.41) is 4.61. The molecule has 3 aromatic heterocycles. The van der Waals surface area contributed by atoms with Crippen LogP contribution < -0.4 is 0 Å². The van der Waals surface area contributed by atoms with Gasteiger partial charge in [-0.2, -0.15) is 0 Å². The summed E-state index contributed by atoms with van der Waals surface area (Å²) in [6.07, 6.45) is 5.43. The zero-order valence-corrected chi connectivity index (χ0v) is 23.7. The third-order valence-corrected chi connectivity index (χ3v) is 7.82. The Hall–Kier alpha value is -6.07. The monoisotopic (exact) mass is 563 g/mol. The quantitative estimate of drug-likeness (QED) is 0.209. The number of pyridine rings is 2. The highest BCUT2D eigenvalue weighted by Gasteiger charge is 2.16. The highest BCUT2D eigenvalue weighted by atomic mass is 15.0. The standard InChI is InChI=1S/C39H25N5/c1-3-9-29-21-31(14-12-26(29)7-1)37-42-38(32-15-13-27-8-2-4-10-30(27)22-32)44-39(43-37)35-24-33(28-16-19-40-20-17-28)23-34(25-35)36-11-5-6-18-41-36/h1-25H. The van der Waals surface area contributed by atoms with Crippen molar-refractivity contribution in [3.05, 3.63) is 152 Å². The highest BCUT2D eigenvalue weighted by Crippen LogP contribution is 2.33. The van der Waals surface area contributed by atoms with Crippen molar-refractivity contribution in [2.45, 2.75) is 0 Å². The molecule has 0 aliphatic heterocycles. The molecule has 0 saturated heterocycles. The van der Waals surface area contributed by atoms with E-state index in [-0.39, 0.29) is 0 Å². The summed E-state index contributed by atoms with van der Waals surface area (Å²) in [7, 11) is 0. The van der Waals surface area contributed by atoms with E-state index < -0.39 is 0 Å². The third kappa shape index (κ3) is 4.97. The largest absolute Gasteiger partial charge is 0.265 e. The second-order valence-electron chi connectivity index (χ2n) is 10.7. The molecule has 44 heavy (non-hydrogen) atoms. The second kappa shape index (κ2) is 11.0. The molecular formula is C39H25N5. The Balaban J connectivity index is 1.36. The zero-order chi connectivity index (χ0) is 29.3. The van der Waals surface area contributed by atoms with Gasteiger partial charge >= 0.3 is 0 Å². The molecule has 3 heterocycles. The van der Waals surface area contributed by atoms with Crippen LogP contribution in [0.1, 0.15) is 0 Å². The summed E-state index contributed by atoms with van der Waals surface area (Å²) in [6.45, 7) is 0. The number of nitrogens with zero attached hydrogens (tertiary/aromatic N) is 5. The van der Waals surface area contributed by atoms with Crippen LogP contribution in [0.2, 0.25) is 0 Å². The smallest absolute Gasteiger partial charge is 0.164 e. The van der Waals surface area contributed by atoms with E-state index in [9.17, 15) is 0 Å². The molecule has 0 aliphatic carbocycles. The summed E-state index contributed by atoms with van der Waals surface area (Å²) in [5.41, 5.74) is 6.70. The van der Waals surface area contributed by atoms with Crippen LogP contribution in [0.15, 0.2) is 152 Å². The molecule has 0 aliphatic rings. The highest BCUT2D eigenvalue weighted by molar-refractivity contribution is 5.88. The minimum absolute atomic E-state index is 0.597. The van der Waals surface area contributed by atoms with E-state index in [1.54, 1.807) is 12.4 Å². The predicted octanol–water partition coefficient (Wildman–Crippen LogP) is 9.30. The van der Waals surface area contributed by atoms with Crippen molar-refractivity contribution in [3.8, 4) is 56.5 Å². The third-order valence-electron chi connectivity index (χ3n) is 7.82. The molecule has 8 aromatic rings. The Morgan fingerprint density at radius 2 is 0.841 bits per heavy atom. The van der Waals surface area contributed by atoms with Crippen LogP contribution in [0.5, 0.6) is 0 Å². The molecular weight excluding hydrogens is 538 g/mol. The summed E-state index contributed by atoms with van der Waals surface area (Å²) in [5.74, 6) is 1.84. The molecule has 5 heteroatoms. The van der Waals surface area contributed by atoms with E-state index in [0.717, 1.165) is 49.8 Å². The van der Waals surface area contributed by atoms with Gasteiger partial charge in [-0.3, -0.25) is 9.97 Å². The molecule has 0 spiro atoms. The van der Waals surface area contributed by atoms with E-state index in [1.165, 1.54) is 10.8 Å². The van der Waals surface area contributed by atoms with Crippen LogP contribution in [0.4, 0.5) is 0 Å². The number of benzene rings is 5. The van der Waals surface area contributed by atoms with E-state index in [1.807, 2.05) is 36.5 Å². The molecule has 0 fully saturated rings. The number of fused-ring (bicyclic) bond motifs is 2. The Labute approximate surface area is 254 Å². The first kappa shape index (κ1) is 25.6. The number of hydrogen-bond acceptors (Lipinski definition) is 5. The molecule has 206 valence electrons. The van der Waals surface area contributed by atoms with Gasteiger partial charge in [0.25, 0.3) is 0 Å². The van der Waals surface area contributed by atoms with Crippen LogP contribution in [0.25, 0.3) is 78.1 Å². The average molecular weight is 564 g/mol. The van der Waals surface area contributed by atoms with Crippen LogP contribution in [-0.4, -0.2) is 24.9 Å². The summed E-state index contributed by atoms with van der Waals surface area (Å²) in [6, 6.07) is 45.7. The Morgan fingerprint density at radius 1 is 0.318 bits per heavy atom. The van der Waals surface area contributed by atoms with Crippen LogP contribution >= 0.6 is 0 Å². The molecule has 0 radical (unpaired) electrons. The van der Waals surface area contributed by atoms with Crippen molar-refractivity contribution in [3.63, 3.8) is 0 Å². The number of aromatic nitrogens is 5. The average Bonchev–Trinajstić information content (AvgIpc) is 3.11. The van der Waals surface area contributed by atoms with Gasteiger partial charge in [0.05, 0.1) is 5.69 Å². The van der Waals surface area contributed by atoms with E-state index >= 15 is 0 Å². The first-order valence-corrected chi connectivity index (χ1v) is 14.5. The topological polar surface area (TPSA) is 64.5 Å². The lowest BCUT2D eigenvalue weighted by Crippen LogP contribution is -2.01. The lowest BCUT2D eigenvalue weighted by Gasteiger charge is -2.12. The van der Waals surface area contributed by atoms with Gasteiger partial charge in [-0.15, -0.1) is 0 Å². The van der Waals surface area contributed by atoms with Crippen molar-refractivity contribution in [2.75, 3.05) is 0 Å². The van der Waals surface area contributed by atoms with Crippen molar-refractivity contribution in [1.29, 1.82) is 0 Å². The SMILES string of the molecule is c1ccc(-c2cc(-c3ccncc3)cc(-c3nc(-c4ccc5ccccc5c4)nc(-c4ccc5ccccc5c4)n3)c2)nc1. The summed E-state index contributed by atoms with van der Waals surface area (Å²) < 4.78 is 0. The fourth-order valence-corrected chi connectivity index (χ4v) is 5.57. The Morgan fingerprint density at radius 3 is 1.43 bits per heavy atom. The predicted molar refractivity (Wildman–Crippen MR) is 178 cm³/mol. The molecule has 0 amide bonds. The first-order valence-electron chi connectivity index (χ1n) is 14.5. The molecule has 5 nitrogen and oxygen atoms in total. The molecule has 5 aromatic carbocycles. The maximum Gasteiger partial charge on any atom is 0.164 e. The lowest BCUT2D eigenvalue weighted by molar-refractivity contribution is 1.08. The molecule has 0 unspecified atom stereocenters. The van der Waals surface area contributed by atoms with Crippen LogP contribution in [0.3, 0.4) is 0 Å². The van der Waals surface area contributed by atoms with Gasteiger partial charge in [-0.25, -0.2) is 15.0 Å². The van der Waals surface area contributed by atoms with E-state index in [0.29, 0.717) is 17.5 Å². The van der Waals surface area contributed by atoms with Crippen LogP contribution in [-0.2, 0) is 0 Å². The molecule has 0 atom stereocenters. The fourth-order valence-electron chi connectivity index (χ4n) is 5.57. The molecule has 0 bridgehead atoms. The van der Waals surface area contributed by atoms with Crippen molar-refractivity contribution >= 4 is 21.5 Å². The summed E-state index contributed by atoms with van der Waals surface area (Å²) >= 11 is 0. The molecule has 0 saturated carbocycles. The first-order chi connectivity index (χ1) is 21.8. The van der Waals surface area contributed by atoms with Crippen molar-refractivity contribution in [1.82, 2.24) is 24.9 Å². The number of hydrogen-bond donors (Lipinski definition) is 0. The maximum atomic E-state index is 5.08. The normalized spacial score (nSPS) is 11.2. The molecule has 8 rings (SSSR count). The van der Waals surface area contributed by atoms with Gasteiger partial charge in [0.2, 0.25) is 0 Å². The number of rotatable bonds is 5. The fraction of sp³-hybridized carbons (Fsp3) is 0. The summed E-state index contributed by atoms with van der Waals surface area (Å²) in [4.78, 5) is 24.1. The lowest BCUT2D eigenvalue weighted by atomic mass is 9.98. The van der Waals surface area contributed by atoms with E-state index in [2.05, 4.69) is 113 Å². The van der Waals surface area contributed by atoms with Gasteiger partial charge in [-0.05, 0) is 87.3 Å². The van der Waals surface area contributed by atoms with Gasteiger partial charge in [0.1, 0.15) is 0 Å². The Kier molecular flexibility index (Phi) is 6.39. The van der Waals surface area contributed by atoms with Gasteiger partial charge in [0.15, 0.2) is 17.5 Å². The molecule has 0 N–H and O–H groups in total. The Bertz CT molecular complexity index is 2130. The maximum absolute atomic E-state index is 5.08. The zero-order valence-electron chi connectivity index (χ0n) is 23.7. The van der Waals surface area contributed by atoms with Gasteiger partial charge < -0.3 is 0 Å². The minimum atomic E-state index is 0.597. The van der Waals surface area contributed by atoms with Gasteiger partial charge in [0, 0.05) is 40.8 Å². The van der Waals surface area contributed by atoms with Crippen molar-refractivity contribution in [2.24, 2.45) is 0 Å². The van der Waals surface area contributed by atoms with Crippen molar-refractivity contribution < 1.29 is 0 Å². The second-order valence-corrected chi connectivity index (χ2v) is 10.7. The minimum Gasteiger partial charge on any atom is -0.265 e. The van der Waals surface area contributed by atoms with E-state index in [4.69, 9.17) is 15.0 Å².